The summed E-state index contributed by atoms with van der Waals surface area (Å²) in [6, 6.07) is 3.22. The summed E-state index contributed by atoms with van der Waals surface area (Å²) in [5.74, 6) is -0.156. The first-order valence-electron chi connectivity index (χ1n) is 4.01. The highest BCUT2D eigenvalue weighted by atomic mass is 79.9. The molecule has 2 aromatic rings. The second kappa shape index (κ2) is 2.84. The van der Waals surface area contributed by atoms with E-state index in [-0.39, 0.29) is 5.82 Å². The Hall–Kier alpha value is -0.830. The van der Waals surface area contributed by atoms with Gasteiger partial charge in [-0.1, -0.05) is 0 Å². The molecular weight excluding hydrogens is 233 g/mol. The van der Waals surface area contributed by atoms with Crippen LogP contribution in [0.1, 0.15) is 5.56 Å². The molecule has 0 N–H and O–H groups in total. The second-order valence-corrected chi connectivity index (χ2v) is 4.03. The van der Waals surface area contributed by atoms with Crippen molar-refractivity contribution in [3.63, 3.8) is 0 Å². The lowest BCUT2D eigenvalue weighted by Crippen LogP contribution is -1.86. The summed E-state index contributed by atoms with van der Waals surface area (Å²) >= 11 is 3.41. The number of fused-ring (bicyclic) bond motifs is 1. The third kappa shape index (κ3) is 1.18. The van der Waals surface area contributed by atoms with Gasteiger partial charge in [0.15, 0.2) is 0 Å². The lowest BCUT2D eigenvalue weighted by atomic mass is 10.2. The fourth-order valence-corrected chi connectivity index (χ4v) is 2.29. The minimum Gasteiger partial charge on any atom is -0.349 e. The first kappa shape index (κ1) is 8.75. The van der Waals surface area contributed by atoms with Crippen LogP contribution in [0.2, 0.25) is 0 Å². The molecule has 0 fully saturated rings. The smallest absolute Gasteiger partial charge is 0.132 e. The van der Waals surface area contributed by atoms with Gasteiger partial charge in [-0.3, -0.25) is 0 Å². The van der Waals surface area contributed by atoms with Gasteiger partial charge in [-0.25, -0.2) is 4.39 Å². The average Bonchev–Trinajstić information content (AvgIpc) is 2.36. The summed E-state index contributed by atoms with van der Waals surface area (Å²) in [4.78, 5) is 0. The van der Waals surface area contributed by atoms with E-state index in [1.807, 2.05) is 24.7 Å². The van der Waals surface area contributed by atoms with E-state index in [0.717, 1.165) is 15.6 Å². The number of aromatic nitrogens is 1. The number of halogens is 2. The van der Waals surface area contributed by atoms with Crippen LogP contribution in [0.5, 0.6) is 0 Å². The van der Waals surface area contributed by atoms with E-state index in [1.54, 1.807) is 6.07 Å². The van der Waals surface area contributed by atoms with Crippen LogP contribution >= 0.6 is 15.9 Å². The van der Waals surface area contributed by atoms with Crippen LogP contribution in [0.3, 0.4) is 0 Å². The van der Waals surface area contributed by atoms with Crippen molar-refractivity contribution in [2.45, 2.75) is 6.92 Å². The van der Waals surface area contributed by atoms with Crippen LogP contribution in [-0.2, 0) is 7.05 Å². The summed E-state index contributed by atoms with van der Waals surface area (Å²) < 4.78 is 16.3. The molecule has 0 amide bonds. The van der Waals surface area contributed by atoms with Crippen molar-refractivity contribution in [2.24, 2.45) is 7.05 Å². The first-order chi connectivity index (χ1) is 6.11. The molecule has 0 bridgehead atoms. The van der Waals surface area contributed by atoms with Gasteiger partial charge >= 0.3 is 0 Å². The van der Waals surface area contributed by atoms with E-state index < -0.39 is 0 Å². The first-order valence-corrected chi connectivity index (χ1v) is 4.80. The fraction of sp³-hybridized carbons (Fsp3) is 0.200. The summed E-state index contributed by atoms with van der Waals surface area (Å²) in [5, 5.41) is 0.705. The molecule has 1 aromatic heterocycles. The molecule has 3 heteroatoms. The molecule has 1 nitrogen and oxygen atoms in total. The van der Waals surface area contributed by atoms with E-state index in [0.29, 0.717) is 5.39 Å². The van der Waals surface area contributed by atoms with Gasteiger partial charge in [-0.05, 0) is 40.5 Å². The maximum atomic E-state index is 13.4. The van der Waals surface area contributed by atoms with Gasteiger partial charge in [0.1, 0.15) is 5.82 Å². The Morgan fingerprint density at radius 1 is 1.38 bits per heavy atom. The van der Waals surface area contributed by atoms with E-state index in [2.05, 4.69) is 15.9 Å². The van der Waals surface area contributed by atoms with Crippen molar-refractivity contribution < 1.29 is 4.39 Å². The highest BCUT2D eigenvalue weighted by Gasteiger charge is 2.10. The number of aryl methyl sites for hydroxylation is 2. The van der Waals surface area contributed by atoms with Crippen LogP contribution < -0.4 is 0 Å². The molecule has 0 aliphatic carbocycles. The fourth-order valence-electron chi connectivity index (χ4n) is 1.68. The topological polar surface area (TPSA) is 4.93 Å². The predicted molar refractivity (Wildman–Crippen MR) is 55.3 cm³/mol. The monoisotopic (exact) mass is 241 g/mol. The van der Waals surface area contributed by atoms with E-state index >= 15 is 0 Å². The molecular formula is C10H9BrFN. The maximum Gasteiger partial charge on any atom is 0.132 e. The Labute approximate surface area is 84.3 Å². The number of hydrogen-bond donors (Lipinski definition) is 0. The van der Waals surface area contributed by atoms with Crippen LogP contribution in [-0.4, -0.2) is 4.57 Å². The highest BCUT2D eigenvalue weighted by Crippen LogP contribution is 2.29. The van der Waals surface area contributed by atoms with Crippen LogP contribution in [0.25, 0.3) is 10.9 Å². The SMILES string of the molecule is Cc1cn(C)c2c(Br)ccc(F)c12. The molecule has 13 heavy (non-hydrogen) atoms. The van der Waals surface area contributed by atoms with Crippen molar-refractivity contribution in [1.29, 1.82) is 0 Å². The van der Waals surface area contributed by atoms with Crippen LogP contribution in [0, 0.1) is 12.7 Å². The van der Waals surface area contributed by atoms with Gasteiger partial charge in [0.2, 0.25) is 0 Å². The molecule has 1 aromatic carbocycles. The molecule has 1 heterocycles. The molecule has 0 atom stereocenters. The third-order valence-corrected chi connectivity index (χ3v) is 2.85. The van der Waals surface area contributed by atoms with Crippen molar-refractivity contribution in [3.8, 4) is 0 Å². The molecule has 68 valence electrons. The Morgan fingerprint density at radius 2 is 2.08 bits per heavy atom. The van der Waals surface area contributed by atoms with E-state index in [9.17, 15) is 4.39 Å². The summed E-state index contributed by atoms with van der Waals surface area (Å²) in [6.07, 6.45) is 1.93. The molecule has 0 saturated carbocycles. The Morgan fingerprint density at radius 3 is 2.69 bits per heavy atom. The molecule has 0 saturated heterocycles. The van der Waals surface area contributed by atoms with Crippen molar-refractivity contribution in [2.75, 3.05) is 0 Å². The van der Waals surface area contributed by atoms with E-state index in [1.165, 1.54) is 6.07 Å². The highest BCUT2D eigenvalue weighted by molar-refractivity contribution is 9.10. The van der Waals surface area contributed by atoms with E-state index in [4.69, 9.17) is 0 Å². The predicted octanol–water partition coefficient (Wildman–Crippen LogP) is 3.39. The van der Waals surface area contributed by atoms with Gasteiger partial charge in [-0.2, -0.15) is 0 Å². The Kier molecular flexibility index (Phi) is 1.91. The Balaban J connectivity index is 3.03. The molecule has 0 aliphatic heterocycles. The number of rotatable bonds is 0. The molecule has 0 unspecified atom stereocenters. The molecule has 2 rings (SSSR count). The molecule has 0 radical (unpaired) electrons. The summed E-state index contributed by atoms with van der Waals surface area (Å²) in [7, 11) is 1.92. The number of benzene rings is 1. The van der Waals surface area contributed by atoms with Gasteiger partial charge in [0, 0.05) is 23.1 Å². The van der Waals surface area contributed by atoms with Gasteiger partial charge < -0.3 is 4.57 Å². The molecule has 0 spiro atoms. The third-order valence-electron chi connectivity index (χ3n) is 2.21. The zero-order valence-electron chi connectivity index (χ0n) is 7.44. The maximum absolute atomic E-state index is 13.4. The zero-order chi connectivity index (χ0) is 9.59. The quantitative estimate of drug-likeness (QED) is 0.667. The number of hydrogen-bond acceptors (Lipinski definition) is 0. The lowest BCUT2D eigenvalue weighted by Gasteiger charge is -1.99. The minimum atomic E-state index is -0.156. The van der Waals surface area contributed by atoms with Crippen LogP contribution in [0.4, 0.5) is 4.39 Å². The van der Waals surface area contributed by atoms with Crippen LogP contribution in [0.15, 0.2) is 22.8 Å². The van der Waals surface area contributed by atoms with Gasteiger partial charge in [-0.15, -0.1) is 0 Å². The standard InChI is InChI=1S/C10H9BrFN/c1-6-5-13(2)10-7(11)3-4-8(12)9(6)10/h3-5H,1-2H3. The minimum absolute atomic E-state index is 0.156. The second-order valence-electron chi connectivity index (χ2n) is 3.18. The lowest BCUT2D eigenvalue weighted by molar-refractivity contribution is 0.639. The number of nitrogens with zero attached hydrogens (tertiary/aromatic N) is 1. The van der Waals surface area contributed by atoms with Gasteiger partial charge in [0.25, 0.3) is 0 Å². The normalized spacial score (nSPS) is 11.1. The summed E-state index contributed by atoms with van der Waals surface area (Å²) in [5.41, 5.74) is 1.88. The zero-order valence-corrected chi connectivity index (χ0v) is 9.02. The van der Waals surface area contributed by atoms with Crippen molar-refractivity contribution >= 4 is 26.8 Å². The Bertz CT molecular complexity index is 431. The molecule has 0 aliphatic rings. The average molecular weight is 242 g/mol. The van der Waals surface area contributed by atoms with Gasteiger partial charge in [0.05, 0.1) is 5.52 Å². The largest absolute Gasteiger partial charge is 0.349 e. The van der Waals surface area contributed by atoms with Crippen molar-refractivity contribution in [3.05, 3.63) is 34.2 Å². The van der Waals surface area contributed by atoms with Crippen molar-refractivity contribution in [1.82, 2.24) is 4.57 Å². The summed E-state index contributed by atoms with van der Waals surface area (Å²) in [6.45, 7) is 1.91.